The SMILES string of the molecule is CC(Oc1cc(C(=O)[O-])ccc1[N+](=O)[O-])OC1CC2CC1C1CCCC21. The van der Waals surface area contributed by atoms with Gasteiger partial charge < -0.3 is 19.4 Å². The Hall–Kier alpha value is -2.15. The van der Waals surface area contributed by atoms with Crippen molar-refractivity contribution in [2.75, 3.05) is 0 Å². The van der Waals surface area contributed by atoms with E-state index in [0.29, 0.717) is 5.92 Å². The Kier molecular flexibility index (Phi) is 4.34. The number of hydrogen-bond acceptors (Lipinski definition) is 6. The highest BCUT2D eigenvalue weighted by Crippen LogP contribution is 2.59. The summed E-state index contributed by atoms with van der Waals surface area (Å²) in [6, 6.07) is 3.39. The van der Waals surface area contributed by atoms with Crippen LogP contribution in [0.25, 0.3) is 0 Å². The third-order valence-corrected chi connectivity index (χ3v) is 6.42. The van der Waals surface area contributed by atoms with E-state index in [1.165, 1.54) is 25.7 Å². The highest BCUT2D eigenvalue weighted by Gasteiger charge is 2.54. The van der Waals surface area contributed by atoms with Crippen LogP contribution in [0.1, 0.15) is 49.4 Å². The van der Waals surface area contributed by atoms with Crippen molar-refractivity contribution in [3.05, 3.63) is 33.9 Å². The zero-order valence-electron chi connectivity index (χ0n) is 14.6. The van der Waals surface area contributed by atoms with Crippen LogP contribution in [0.3, 0.4) is 0 Å². The largest absolute Gasteiger partial charge is 0.545 e. The number of aromatic carboxylic acids is 1. The van der Waals surface area contributed by atoms with E-state index in [1.807, 2.05) is 0 Å². The van der Waals surface area contributed by atoms with Crippen LogP contribution in [0.4, 0.5) is 5.69 Å². The molecule has 3 aliphatic rings. The number of nitro groups is 1. The number of carboxylic acids is 1. The molecule has 7 heteroatoms. The van der Waals surface area contributed by atoms with Crippen molar-refractivity contribution in [3.63, 3.8) is 0 Å². The standard InChI is InChI=1S/C19H23NO6/c1-10(25-17-9-12-7-15(17)14-4-2-3-13(12)14)26-18-8-11(19(21)22)5-6-16(18)20(23)24/h5-6,8,10,12-15,17H,2-4,7,9H2,1H3,(H,21,22)/p-1. The van der Waals surface area contributed by atoms with Gasteiger partial charge in [-0.15, -0.1) is 0 Å². The van der Waals surface area contributed by atoms with E-state index in [9.17, 15) is 20.0 Å². The number of benzene rings is 1. The van der Waals surface area contributed by atoms with E-state index in [-0.39, 0.29) is 23.1 Å². The Morgan fingerprint density at radius 3 is 2.73 bits per heavy atom. The predicted molar refractivity (Wildman–Crippen MR) is 89.4 cm³/mol. The number of nitrogens with zero attached hydrogens (tertiary/aromatic N) is 1. The van der Waals surface area contributed by atoms with Gasteiger partial charge in [-0.3, -0.25) is 10.1 Å². The Balaban J connectivity index is 1.45. The fourth-order valence-corrected chi connectivity index (χ4v) is 5.50. The molecule has 3 aliphatic carbocycles. The van der Waals surface area contributed by atoms with Gasteiger partial charge in [0.05, 0.1) is 17.0 Å². The summed E-state index contributed by atoms with van der Waals surface area (Å²) < 4.78 is 11.7. The molecule has 26 heavy (non-hydrogen) atoms. The molecule has 0 heterocycles. The highest BCUT2D eigenvalue weighted by atomic mass is 16.7. The monoisotopic (exact) mass is 360 g/mol. The second kappa shape index (κ2) is 6.54. The molecule has 4 rings (SSSR count). The molecule has 0 saturated heterocycles. The quantitative estimate of drug-likeness (QED) is 0.439. The Morgan fingerprint density at radius 2 is 2.00 bits per heavy atom. The molecule has 140 valence electrons. The summed E-state index contributed by atoms with van der Waals surface area (Å²) in [5, 5.41) is 22.2. The molecular weight excluding hydrogens is 338 g/mol. The maximum atomic E-state index is 11.2. The maximum Gasteiger partial charge on any atom is 0.311 e. The van der Waals surface area contributed by atoms with Crippen LogP contribution < -0.4 is 9.84 Å². The van der Waals surface area contributed by atoms with Gasteiger partial charge in [-0.05, 0) is 68.4 Å². The van der Waals surface area contributed by atoms with Gasteiger partial charge in [-0.25, -0.2) is 0 Å². The Bertz CT molecular complexity index is 735. The summed E-state index contributed by atoms with van der Waals surface area (Å²) in [5.74, 6) is 1.40. The smallest absolute Gasteiger partial charge is 0.311 e. The summed E-state index contributed by atoms with van der Waals surface area (Å²) in [6.07, 6.45) is 5.61. The van der Waals surface area contributed by atoms with Gasteiger partial charge in [0.25, 0.3) is 0 Å². The summed E-state index contributed by atoms with van der Waals surface area (Å²) in [4.78, 5) is 21.6. The van der Waals surface area contributed by atoms with E-state index in [0.717, 1.165) is 42.4 Å². The van der Waals surface area contributed by atoms with Gasteiger partial charge in [-0.2, -0.15) is 0 Å². The molecule has 0 radical (unpaired) electrons. The van der Waals surface area contributed by atoms with Gasteiger partial charge >= 0.3 is 5.69 Å². The average molecular weight is 360 g/mol. The summed E-state index contributed by atoms with van der Waals surface area (Å²) in [6.45, 7) is 1.70. The van der Waals surface area contributed by atoms with Crippen LogP contribution in [-0.2, 0) is 4.74 Å². The number of carbonyl (C=O) groups excluding carboxylic acids is 1. The number of nitro benzene ring substituents is 1. The van der Waals surface area contributed by atoms with E-state index in [4.69, 9.17) is 9.47 Å². The van der Waals surface area contributed by atoms with Gasteiger partial charge in [0.1, 0.15) is 0 Å². The maximum absolute atomic E-state index is 11.2. The average Bonchev–Trinajstić information content (AvgIpc) is 3.26. The number of hydrogen-bond donors (Lipinski definition) is 0. The minimum absolute atomic E-state index is 0.105. The number of rotatable bonds is 6. The first-order chi connectivity index (χ1) is 12.4. The minimum Gasteiger partial charge on any atom is -0.545 e. The lowest BCUT2D eigenvalue weighted by molar-refractivity contribution is -0.386. The lowest BCUT2D eigenvalue weighted by Crippen LogP contribution is -2.34. The molecule has 0 N–H and O–H groups in total. The number of ether oxygens (including phenoxy) is 2. The third kappa shape index (κ3) is 2.94. The molecule has 0 amide bonds. The van der Waals surface area contributed by atoms with E-state index >= 15 is 0 Å². The van der Waals surface area contributed by atoms with Crippen LogP contribution in [0.5, 0.6) is 5.75 Å². The van der Waals surface area contributed by atoms with Crippen LogP contribution in [0.15, 0.2) is 18.2 Å². The van der Waals surface area contributed by atoms with Gasteiger partial charge in [0, 0.05) is 11.6 Å². The zero-order chi connectivity index (χ0) is 18.4. The lowest BCUT2D eigenvalue weighted by atomic mass is 9.80. The summed E-state index contributed by atoms with van der Waals surface area (Å²) in [7, 11) is 0. The zero-order valence-corrected chi connectivity index (χ0v) is 14.6. The van der Waals surface area contributed by atoms with Gasteiger partial charge in [0.2, 0.25) is 5.75 Å². The molecule has 0 aliphatic heterocycles. The van der Waals surface area contributed by atoms with Crippen LogP contribution in [-0.4, -0.2) is 23.3 Å². The third-order valence-electron chi connectivity index (χ3n) is 6.42. The molecule has 7 nitrogen and oxygen atoms in total. The molecule has 1 aromatic rings. The van der Waals surface area contributed by atoms with Crippen molar-refractivity contribution in [2.45, 2.75) is 51.4 Å². The van der Waals surface area contributed by atoms with Crippen molar-refractivity contribution < 1.29 is 24.3 Å². The first-order valence-electron chi connectivity index (χ1n) is 9.26. The van der Waals surface area contributed by atoms with Crippen molar-refractivity contribution in [1.29, 1.82) is 0 Å². The van der Waals surface area contributed by atoms with E-state index < -0.39 is 17.2 Å². The topological polar surface area (TPSA) is 102 Å². The van der Waals surface area contributed by atoms with Crippen molar-refractivity contribution in [2.24, 2.45) is 23.7 Å². The molecule has 0 spiro atoms. The fraction of sp³-hybridized carbons (Fsp3) is 0.632. The number of carboxylic acid groups (broad SMARTS) is 1. The van der Waals surface area contributed by atoms with Crippen LogP contribution in [0.2, 0.25) is 0 Å². The second-order valence-corrected chi connectivity index (χ2v) is 7.74. The van der Waals surface area contributed by atoms with E-state index in [1.54, 1.807) is 6.92 Å². The molecule has 1 aromatic carbocycles. The first kappa shape index (κ1) is 17.3. The normalized spacial score (nSPS) is 33.0. The van der Waals surface area contributed by atoms with Crippen LogP contribution >= 0.6 is 0 Å². The molecule has 6 atom stereocenters. The highest BCUT2D eigenvalue weighted by molar-refractivity contribution is 5.87. The van der Waals surface area contributed by atoms with Crippen LogP contribution in [0, 0.1) is 33.8 Å². The predicted octanol–water partition coefficient (Wildman–Crippen LogP) is 2.52. The Labute approximate surface area is 151 Å². The summed E-state index contributed by atoms with van der Waals surface area (Å²) in [5.41, 5.74) is -0.444. The molecule has 2 bridgehead atoms. The summed E-state index contributed by atoms with van der Waals surface area (Å²) >= 11 is 0. The minimum atomic E-state index is -1.40. The van der Waals surface area contributed by atoms with Crippen molar-refractivity contribution in [3.8, 4) is 5.75 Å². The number of carbonyl (C=O) groups is 1. The fourth-order valence-electron chi connectivity index (χ4n) is 5.50. The molecule has 3 fully saturated rings. The second-order valence-electron chi connectivity index (χ2n) is 7.74. The lowest BCUT2D eigenvalue weighted by Gasteiger charge is -2.33. The molecule has 0 aromatic heterocycles. The van der Waals surface area contributed by atoms with Gasteiger partial charge in [0.15, 0.2) is 6.29 Å². The molecule has 3 saturated carbocycles. The van der Waals surface area contributed by atoms with Crippen molar-refractivity contribution >= 4 is 11.7 Å². The van der Waals surface area contributed by atoms with E-state index in [2.05, 4.69) is 0 Å². The first-order valence-corrected chi connectivity index (χ1v) is 9.26. The molecule has 6 unspecified atom stereocenters. The van der Waals surface area contributed by atoms with Crippen molar-refractivity contribution in [1.82, 2.24) is 0 Å². The number of fused-ring (bicyclic) bond motifs is 5. The van der Waals surface area contributed by atoms with Gasteiger partial charge in [-0.1, -0.05) is 6.42 Å². The Morgan fingerprint density at radius 1 is 1.23 bits per heavy atom. The molecular formula is C19H22NO6-.